The van der Waals surface area contributed by atoms with Crippen LogP contribution in [-0.4, -0.2) is 0 Å². The van der Waals surface area contributed by atoms with Crippen LogP contribution in [0.1, 0.15) is 29.3 Å². The van der Waals surface area contributed by atoms with Gasteiger partial charge >= 0.3 is 0 Å². The first-order chi connectivity index (χ1) is 8.74. The Kier molecular flexibility index (Phi) is 3.39. The Morgan fingerprint density at radius 2 is 2.22 bits per heavy atom. The number of hydrogen-bond acceptors (Lipinski definition) is 2. The molecule has 0 amide bonds. The summed E-state index contributed by atoms with van der Waals surface area (Å²) in [7, 11) is 0. The molecule has 0 bridgehead atoms. The van der Waals surface area contributed by atoms with E-state index in [2.05, 4.69) is 32.7 Å². The number of nitrogens with one attached hydrogen (secondary N) is 1. The van der Waals surface area contributed by atoms with Gasteiger partial charge in [0.05, 0.1) is 10.5 Å². The lowest BCUT2D eigenvalue weighted by Crippen LogP contribution is -2.15. The highest BCUT2D eigenvalue weighted by Crippen LogP contribution is 2.35. The number of hydrogen-bond donors (Lipinski definition) is 1. The van der Waals surface area contributed by atoms with E-state index in [-0.39, 0.29) is 5.82 Å². The molecule has 1 aromatic carbocycles. The molecule has 1 aliphatic rings. The van der Waals surface area contributed by atoms with Crippen molar-refractivity contribution >= 4 is 33.0 Å². The fourth-order valence-electron chi connectivity index (χ4n) is 2.42. The van der Waals surface area contributed by atoms with Crippen molar-refractivity contribution in [1.82, 2.24) is 0 Å². The van der Waals surface area contributed by atoms with Crippen molar-refractivity contribution < 1.29 is 4.39 Å². The third-order valence-corrected chi connectivity index (χ3v) is 4.95. The average Bonchev–Trinajstić information content (AvgIpc) is 2.83. The van der Waals surface area contributed by atoms with Gasteiger partial charge in [-0.25, -0.2) is 4.39 Å². The predicted molar refractivity (Wildman–Crippen MR) is 77.7 cm³/mol. The van der Waals surface area contributed by atoms with E-state index in [0.717, 1.165) is 12.1 Å². The third-order valence-electron chi connectivity index (χ3n) is 3.31. The summed E-state index contributed by atoms with van der Waals surface area (Å²) in [4.78, 5) is 1.47. The van der Waals surface area contributed by atoms with E-state index in [1.54, 1.807) is 12.1 Å². The fraction of sp³-hybridized carbons (Fsp3) is 0.286. The quantitative estimate of drug-likeness (QED) is 0.806. The lowest BCUT2D eigenvalue weighted by atomic mass is 9.94. The van der Waals surface area contributed by atoms with Gasteiger partial charge in [-0.2, -0.15) is 0 Å². The standard InChI is InChI=1S/C14H13BrFNS/c15-11-5-4-9(8-12(11)16)17-13-2-1-3-14-10(13)6-7-18-14/h4-8,13,17H,1-3H2. The minimum absolute atomic E-state index is 0.221. The van der Waals surface area contributed by atoms with Crippen molar-refractivity contribution in [3.05, 3.63) is 50.4 Å². The molecule has 94 valence electrons. The van der Waals surface area contributed by atoms with Crippen LogP contribution in [-0.2, 0) is 6.42 Å². The van der Waals surface area contributed by atoms with Gasteiger partial charge in [-0.15, -0.1) is 11.3 Å². The minimum atomic E-state index is -0.221. The third kappa shape index (κ3) is 2.31. The molecule has 0 fully saturated rings. The van der Waals surface area contributed by atoms with Crippen LogP contribution in [0.4, 0.5) is 10.1 Å². The normalized spacial score (nSPS) is 18.4. The molecule has 1 atom stereocenters. The van der Waals surface area contributed by atoms with E-state index in [4.69, 9.17) is 0 Å². The Labute approximate surface area is 118 Å². The molecule has 0 aliphatic heterocycles. The van der Waals surface area contributed by atoms with Crippen LogP contribution in [0.2, 0.25) is 0 Å². The van der Waals surface area contributed by atoms with Gasteiger partial charge in [-0.05, 0) is 70.4 Å². The number of halogens is 2. The summed E-state index contributed by atoms with van der Waals surface area (Å²) in [5, 5.41) is 5.58. The summed E-state index contributed by atoms with van der Waals surface area (Å²) in [6.45, 7) is 0. The van der Waals surface area contributed by atoms with Gasteiger partial charge in [-0.3, -0.25) is 0 Å². The molecule has 1 heterocycles. The van der Waals surface area contributed by atoms with Crippen LogP contribution in [0.15, 0.2) is 34.1 Å². The van der Waals surface area contributed by atoms with E-state index in [9.17, 15) is 4.39 Å². The summed E-state index contributed by atoms with van der Waals surface area (Å²) >= 11 is 5.00. The second-order valence-corrected chi connectivity index (χ2v) is 6.37. The van der Waals surface area contributed by atoms with Gasteiger partial charge in [0.15, 0.2) is 0 Å². The Balaban J connectivity index is 1.84. The number of fused-ring (bicyclic) bond motifs is 1. The van der Waals surface area contributed by atoms with E-state index < -0.39 is 0 Å². The first-order valence-corrected chi connectivity index (χ1v) is 7.69. The van der Waals surface area contributed by atoms with E-state index in [1.165, 1.54) is 23.3 Å². The number of rotatable bonds is 2. The van der Waals surface area contributed by atoms with Crippen molar-refractivity contribution in [3.63, 3.8) is 0 Å². The first-order valence-electron chi connectivity index (χ1n) is 6.02. The van der Waals surface area contributed by atoms with Gasteiger partial charge in [0.1, 0.15) is 5.82 Å². The molecule has 1 nitrogen and oxygen atoms in total. The molecule has 0 saturated heterocycles. The molecule has 4 heteroatoms. The first kappa shape index (κ1) is 12.2. The number of anilines is 1. The highest BCUT2D eigenvalue weighted by Gasteiger charge is 2.21. The second-order valence-electron chi connectivity index (χ2n) is 4.52. The maximum atomic E-state index is 13.5. The zero-order valence-corrected chi connectivity index (χ0v) is 12.2. The van der Waals surface area contributed by atoms with Crippen molar-refractivity contribution in [1.29, 1.82) is 0 Å². The van der Waals surface area contributed by atoms with Crippen LogP contribution >= 0.6 is 27.3 Å². The van der Waals surface area contributed by atoms with E-state index in [0.29, 0.717) is 10.5 Å². The Morgan fingerprint density at radius 1 is 1.33 bits per heavy atom. The molecule has 0 saturated carbocycles. The summed E-state index contributed by atoms with van der Waals surface area (Å²) < 4.78 is 14.0. The van der Waals surface area contributed by atoms with Crippen molar-refractivity contribution in [2.24, 2.45) is 0 Å². The molecule has 0 spiro atoms. The predicted octanol–water partition coefficient (Wildman–Crippen LogP) is 5.14. The van der Waals surface area contributed by atoms with Crippen molar-refractivity contribution in [2.75, 3.05) is 5.32 Å². The molecule has 1 N–H and O–H groups in total. The minimum Gasteiger partial charge on any atom is -0.378 e. The summed E-state index contributed by atoms with van der Waals surface area (Å²) in [6, 6.07) is 7.71. The van der Waals surface area contributed by atoms with Gasteiger partial charge < -0.3 is 5.32 Å². The van der Waals surface area contributed by atoms with Crippen LogP contribution in [0.3, 0.4) is 0 Å². The van der Waals surface area contributed by atoms with Gasteiger partial charge in [0.2, 0.25) is 0 Å². The maximum Gasteiger partial charge on any atom is 0.139 e. The summed E-state index contributed by atoms with van der Waals surface area (Å²) in [6.07, 6.45) is 3.49. The highest BCUT2D eigenvalue weighted by molar-refractivity contribution is 9.10. The molecule has 1 aromatic heterocycles. The smallest absolute Gasteiger partial charge is 0.139 e. The number of thiophene rings is 1. The van der Waals surface area contributed by atoms with Crippen molar-refractivity contribution in [2.45, 2.75) is 25.3 Å². The van der Waals surface area contributed by atoms with Crippen LogP contribution < -0.4 is 5.32 Å². The largest absolute Gasteiger partial charge is 0.378 e. The van der Waals surface area contributed by atoms with Crippen LogP contribution in [0.5, 0.6) is 0 Å². The second kappa shape index (κ2) is 5.02. The average molecular weight is 326 g/mol. The van der Waals surface area contributed by atoms with Crippen LogP contribution in [0.25, 0.3) is 0 Å². The Morgan fingerprint density at radius 3 is 3.06 bits per heavy atom. The van der Waals surface area contributed by atoms with Crippen molar-refractivity contribution in [3.8, 4) is 0 Å². The molecule has 2 aromatic rings. The number of benzene rings is 1. The lowest BCUT2D eigenvalue weighted by molar-refractivity contribution is 0.604. The Bertz CT molecular complexity index is 567. The molecular weight excluding hydrogens is 313 g/mol. The molecule has 3 rings (SSSR count). The highest BCUT2D eigenvalue weighted by atomic mass is 79.9. The summed E-state index contributed by atoms with van der Waals surface area (Å²) in [5.41, 5.74) is 2.23. The molecule has 1 unspecified atom stereocenters. The van der Waals surface area contributed by atoms with Gasteiger partial charge in [0.25, 0.3) is 0 Å². The molecule has 18 heavy (non-hydrogen) atoms. The van der Waals surface area contributed by atoms with Crippen LogP contribution in [0, 0.1) is 5.82 Å². The van der Waals surface area contributed by atoms with E-state index >= 15 is 0 Å². The zero-order chi connectivity index (χ0) is 12.5. The van der Waals surface area contributed by atoms with Gasteiger partial charge in [0, 0.05) is 10.6 Å². The Hall–Kier alpha value is -0.870. The molecular formula is C14H13BrFNS. The zero-order valence-electron chi connectivity index (χ0n) is 9.75. The van der Waals surface area contributed by atoms with Gasteiger partial charge in [-0.1, -0.05) is 0 Å². The number of aryl methyl sites for hydroxylation is 1. The van der Waals surface area contributed by atoms with E-state index in [1.807, 2.05) is 17.4 Å². The SMILES string of the molecule is Fc1cc(NC2CCCc3sccc32)ccc1Br. The maximum absolute atomic E-state index is 13.5. The topological polar surface area (TPSA) is 12.0 Å². The molecule has 0 radical (unpaired) electrons. The molecule has 1 aliphatic carbocycles. The fourth-order valence-corrected chi connectivity index (χ4v) is 3.66. The lowest BCUT2D eigenvalue weighted by Gasteiger charge is -2.24. The monoisotopic (exact) mass is 325 g/mol. The summed E-state index contributed by atoms with van der Waals surface area (Å²) in [5.74, 6) is -0.221.